The Morgan fingerprint density at radius 3 is 2.65 bits per heavy atom. The molecule has 1 atom stereocenters. The number of benzene rings is 1. The largest absolute Gasteiger partial charge is 0.379 e. The quantitative estimate of drug-likeness (QED) is 0.916. The summed E-state index contributed by atoms with van der Waals surface area (Å²) in [5, 5.41) is 5.18. The number of carbonyl (C=O) groups is 1. The summed E-state index contributed by atoms with van der Waals surface area (Å²) < 4.78 is 5.45. The van der Waals surface area contributed by atoms with Crippen LogP contribution in [0.3, 0.4) is 0 Å². The van der Waals surface area contributed by atoms with Crippen molar-refractivity contribution in [2.75, 3.05) is 32.8 Å². The van der Waals surface area contributed by atoms with Gasteiger partial charge in [0.2, 0.25) is 0 Å². The number of morpholine rings is 1. The Morgan fingerprint density at radius 2 is 2.00 bits per heavy atom. The van der Waals surface area contributed by atoms with E-state index in [1.165, 1.54) is 4.88 Å². The van der Waals surface area contributed by atoms with E-state index in [1.807, 2.05) is 31.2 Å². The Hall–Kier alpha value is -1.69. The summed E-state index contributed by atoms with van der Waals surface area (Å²) in [7, 11) is 0. The van der Waals surface area contributed by atoms with Crippen LogP contribution in [0.2, 0.25) is 0 Å². The highest BCUT2D eigenvalue weighted by atomic mass is 32.1. The summed E-state index contributed by atoms with van der Waals surface area (Å²) in [5.41, 5.74) is 1.87. The van der Waals surface area contributed by atoms with Crippen LogP contribution in [0.5, 0.6) is 0 Å². The van der Waals surface area contributed by atoms with Crippen LogP contribution in [0.4, 0.5) is 0 Å². The van der Waals surface area contributed by atoms with Crippen LogP contribution in [0.1, 0.15) is 26.8 Å². The molecule has 3 rings (SSSR count). The van der Waals surface area contributed by atoms with Crippen molar-refractivity contribution in [3.8, 4) is 0 Å². The fourth-order valence-corrected chi connectivity index (χ4v) is 3.64. The lowest BCUT2D eigenvalue weighted by Gasteiger charge is -2.34. The molecule has 2 aromatic rings. The van der Waals surface area contributed by atoms with Crippen LogP contribution < -0.4 is 5.32 Å². The van der Waals surface area contributed by atoms with Gasteiger partial charge in [-0.05, 0) is 30.5 Å². The number of rotatable bonds is 5. The number of amides is 1. The van der Waals surface area contributed by atoms with E-state index in [1.54, 1.807) is 11.3 Å². The molecule has 1 aromatic heterocycles. The van der Waals surface area contributed by atoms with Crippen molar-refractivity contribution >= 4 is 17.2 Å². The highest BCUT2D eigenvalue weighted by Crippen LogP contribution is 2.25. The van der Waals surface area contributed by atoms with E-state index in [2.05, 4.69) is 27.7 Å². The summed E-state index contributed by atoms with van der Waals surface area (Å²) in [6, 6.07) is 12.1. The van der Waals surface area contributed by atoms with E-state index < -0.39 is 0 Å². The van der Waals surface area contributed by atoms with Gasteiger partial charge in [-0.15, -0.1) is 11.3 Å². The Balaban J connectivity index is 1.66. The fraction of sp³-hybridized carbons (Fsp3) is 0.389. The maximum atomic E-state index is 12.4. The van der Waals surface area contributed by atoms with Gasteiger partial charge >= 0.3 is 0 Å². The van der Waals surface area contributed by atoms with Crippen molar-refractivity contribution in [3.63, 3.8) is 0 Å². The summed E-state index contributed by atoms with van der Waals surface area (Å²) >= 11 is 1.74. The second-order valence-electron chi connectivity index (χ2n) is 5.76. The molecule has 1 aliphatic rings. The third-order valence-corrected chi connectivity index (χ3v) is 5.10. The molecule has 1 N–H and O–H groups in total. The lowest BCUT2D eigenvalue weighted by Crippen LogP contribution is -2.43. The topological polar surface area (TPSA) is 41.6 Å². The molecule has 5 heteroatoms. The van der Waals surface area contributed by atoms with Crippen molar-refractivity contribution in [2.45, 2.75) is 13.0 Å². The van der Waals surface area contributed by atoms with Crippen LogP contribution in [-0.4, -0.2) is 43.7 Å². The second-order valence-corrected chi connectivity index (χ2v) is 6.73. The number of hydrogen-bond donors (Lipinski definition) is 1. The Bertz CT molecular complexity index is 619. The lowest BCUT2D eigenvalue weighted by atomic mass is 10.1. The molecular weight excluding hydrogens is 308 g/mol. The standard InChI is InChI=1S/C18H22N2O2S/c1-14-4-6-15(7-5-14)18(21)19-13-16(17-3-2-12-23-17)20-8-10-22-11-9-20/h2-7,12,16H,8-11,13H2,1H3,(H,19,21). The molecule has 2 heterocycles. The first-order valence-corrected chi connectivity index (χ1v) is 8.82. The molecule has 1 unspecified atom stereocenters. The van der Waals surface area contributed by atoms with E-state index in [0.29, 0.717) is 12.1 Å². The number of thiophene rings is 1. The monoisotopic (exact) mass is 330 g/mol. The van der Waals surface area contributed by atoms with E-state index in [-0.39, 0.29) is 11.9 Å². The van der Waals surface area contributed by atoms with Crippen LogP contribution in [0, 0.1) is 6.92 Å². The second kappa shape index (κ2) is 7.73. The lowest BCUT2D eigenvalue weighted by molar-refractivity contribution is 0.0169. The van der Waals surface area contributed by atoms with Gasteiger partial charge < -0.3 is 10.1 Å². The predicted molar refractivity (Wildman–Crippen MR) is 93.0 cm³/mol. The smallest absolute Gasteiger partial charge is 0.251 e. The number of nitrogens with one attached hydrogen (secondary N) is 1. The van der Waals surface area contributed by atoms with Gasteiger partial charge in [0.1, 0.15) is 0 Å². The molecule has 0 bridgehead atoms. The normalized spacial score (nSPS) is 16.9. The average Bonchev–Trinajstić information content (AvgIpc) is 3.11. The summed E-state index contributed by atoms with van der Waals surface area (Å²) in [6.45, 7) is 5.97. The van der Waals surface area contributed by atoms with Crippen molar-refractivity contribution in [1.82, 2.24) is 10.2 Å². The SMILES string of the molecule is Cc1ccc(C(=O)NCC(c2cccs2)N2CCOCC2)cc1. The molecule has 1 amide bonds. The Kier molecular flexibility index (Phi) is 5.43. The summed E-state index contributed by atoms with van der Waals surface area (Å²) in [5.74, 6) is -0.0141. The predicted octanol–water partition coefficient (Wildman–Crippen LogP) is 2.86. The van der Waals surface area contributed by atoms with Crippen molar-refractivity contribution in [2.24, 2.45) is 0 Å². The van der Waals surface area contributed by atoms with Gasteiger partial charge in [-0.3, -0.25) is 9.69 Å². The molecule has 0 aliphatic carbocycles. The minimum absolute atomic E-state index is 0.0141. The van der Waals surface area contributed by atoms with Gasteiger partial charge in [0.05, 0.1) is 19.3 Å². The third kappa shape index (κ3) is 4.19. The van der Waals surface area contributed by atoms with E-state index in [9.17, 15) is 4.79 Å². The molecule has 122 valence electrons. The highest BCUT2D eigenvalue weighted by Gasteiger charge is 2.24. The number of hydrogen-bond acceptors (Lipinski definition) is 4. The molecule has 0 saturated carbocycles. The highest BCUT2D eigenvalue weighted by molar-refractivity contribution is 7.10. The van der Waals surface area contributed by atoms with Crippen LogP contribution in [-0.2, 0) is 4.74 Å². The molecule has 1 aromatic carbocycles. The number of nitrogens with zero attached hydrogens (tertiary/aromatic N) is 1. The molecule has 1 aliphatic heterocycles. The zero-order valence-electron chi connectivity index (χ0n) is 13.3. The maximum absolute atomic E-state index is 12.4. The summed E-state index contributed by atoms with van der Waals surface area (Å²) in [6.07, 6.45) is 0. The fourth-order valence-electron chi connectivity index (χ4n) is 2.78. The Morgan fingerprint density at radius 1 is 1.26 bits per heavy atom. The van der Waals surface area contributed by atoms with Crippen molar-refractivity contribution < 1.29 is 9.53 Å². The molecule has 23 heavy (non-hydrogen) atoms. The average molecular weight is 330 g/mol. The molecule has 0 radical (unpaired) electrons. The molecule has 1 fully saturated rings. The Labute approximate surface area is 141 Å². The number of carbonyl (C=O) groups excluding carboxylic acids is 1. The molecule has 0 spiro atoms. The minimum atomic E-state index is -0.0141. The van der Waals surface area contributed by atoms with Gasteiger partial charge in [0.25, 0.3) is 5.91 Å². The first-order chi connectivity index (χ1) is 11.2. The first-order valence-electron chi connectivity index (χ1n) is 7.94. The molecular formula is C18H22N2O2S. The van der Waals surface area contributed by atoms with E-state index in [4.69, 9.17) is 4.74 Å². The van der Waals surface area contributed by atoms with Gasteiger partial charge in [0, 0.05) is 30.1 Å². The molecule has 1 saturated heterocycles. The summed E-state index contributed by atoms with van der Waals surface area (Å²) in [4.78, 5) is 16.0. The van der Waals surface area contributed by atoms with Crippen molar-refractivity contribution in [1.29, 1.82) is 0 Å². The van der Waals surface area contributed by atoms with Gasteiger partial charge in [-0.1, -0.05) is 23.8 Å². The maximum Gasteiger partial charge on any atom is 0.251 e. The number of ether oxygens (including phenoxy) is 1. The van der Waals surface area contributed by atoms with Crippen LogP contribution in [0.15, 0.2) is 41.8 Å². The first kappa shape index (κ1) is 16.2. The van der Waals surface area contributed by atoms with E-state index in [0.717, 1.165) is 31.9 Å². The third-order valence-electron chi connectivity index (χ3n) is 4.13. The molecule has 4 nitrogen and oxygen atoms in total. The van der Waals surface area contributed by atoms with Crippen LogP contribution >= 0.6 is 11.3 Å². The van der Waals surface area contributed by atoms with Gasteiger partial charge in [-0.25, -0.2) is 0 Å². The van der Waals surface area contributed by atoms with Crippen molar-refractivity contribution in [3.05, 3.63) is 57.8 Å². The van der Waals surface area contributed by atoms with Crippen LogP contribution in [0.25, 0.3) is 0 Å². The zero-order chi connectivity index (χ0) is 16.1. The zero-order valence-corrected chi connectivity index (χ0v) is 14.1. The van der Waals surface area contributed by atoms with Gasteiger partial charge in [0.15, 0.2) is 0 Å². The number of aryl methyl sites for hydroxylation is 1. The van der Waals surface area contributed by atoms with E-state index >= 15 is 0 Å². The van der Waals surface area contributed by atoms with Gasteiger partial charge in [-0.2, -0.15) is 0 Å². The minimum Gasteiger partial charge on any atom is -0.379 e.